The number of nitrogens with one attached hydrogen (secondary N) is 4. The maximum absolute atomic E-state index is 15.2. The summed E-state index contributed by atoms with van der Waals surface area (Å²) in [5.41, 5.74) is -0.363. The van der Waals surface area contributed by atoms with Gasteiger partial charge < -0.3 is 60.7 Å². The van der Waals surface area contributed by atoms with Crippen LogP contribution in [-0.4, -0.2) is 220 Å². The number of carbonyl (C=O) groups is 11. The highest BCUT2D eigenvalue weighted by Gasteiger charge is 2.46. The number of hydrogen-bond acceptors (Lipinski definition) is 12. The number of hydrogen-bond donors (Lipinski definition) is 5. The van der Waals surface area contributed by atoms with Crippen molar-refractivity contribution in [3.05, 3.63) is 24.4 Å². The molecule has 0 spiro atoms. The molecular weight excluding hydrogens is 1100 g/mol. The minimum absolute atomic E-state index is 0.0259. The molecule has 1 aliphatic heterocycles. The van der Waals surface area contributed by atoms with Gasteiger partial charge in [-0.05, 0) is 94.3 Å². The molecule has 1 unspecified atom stereocenters. The van der Waals surface area contributed by atoms with Gasteiger partial charge in [0.2, 0.25) is 59.1 Å². The Morgan fingerprint density at radius 3 is 1.38 bits per heavy atom. The van der Waals surface area contributed by atoms with E-state index in [2.05, 4.69) is 27.8 Å². The number of aliphatic hydroxyl groups excluding tert-OH is 1. The van der Waals surface area contributed by atoms with Crippen LogP contribution in [0.4, 0.5) is 0 Å². The minimum atomic E-state index is -1.64. The second kappa shape index (κ2) is 34.8. The molecule has 1 saturated heterocycles. The Balaban J connectivity index is 4.38. The van der Waals surface area contributed by atoms with E-state index >= 15 is 9.59 Å². The zero-order valence-electron chi connectivity index (χ0n) is 56.6. The first-order chi connectivity index (χ1) is 39.7. The smallest absolute Gasteiger partial charge is 0.270 e. The summed E-state index contributed by atoms with van der Waals surface area (Å²) in [5, 5.41) is 23.1. The normalized spacial score (nSPS) is 27.1. The van der Waals surface area contributed by atoms with Gasteiger partial charge in [-0.15, -0.1) is 0 Å². The summed E-state index contributed by atoms with van der Waals surface area (Å²) in [6.45, 7) is 33.5. The molecule has 23 heteroatoms. The van der Waals surface area contributed by atoms with Crippen LogP contribution in [0.3, 0.4) is 0 Å². The Morgan fingerprint density at radius 2 is 0.930 bits per heavy atom. The molecular formula is C63H111N11O12. The van der Waals surface area contributed by atoms with E-state index in [1.54, 1.807) is 67.5 Å². The van der Waals surface area contributed by atoms with Crippen LogP contribution in [0.1, 0.15) is 156 Å². The highest BCUT2D eigenvalue weighted by atomic mass is 16.3. The maximum atomic E-state index is 15.2. The maximum Gasteiger partial charge on any atom is 0.270 e. The van der Waals surface area contributed by atoms with Gasteiger partial charge in [0, 0.05) is 49.3 Å². The number of aliphatic hydroxyl groups is 1. The van der Waals surface area contributed by atoms with Crippen LogP contribution in [0.25, 0.3) is 0 Å². The standard InChI is InChI=1S/C63H111N11O12/c1-26-29-30-40(15)52(75)51-56(79)66-44(28-3)59(82)68(19)43(18)58(81)73(24)50(39(14)27-2)55(78)67-48(37(10)11)62(85)69(20)45(31-34(4)5)54(77)64-41(16)53(76)65-42(17)57(80)70(21)46(32-35(6)7)60(83)71(22)47(33-36(8)9)61(84)72(23)49(38(12)13)63(86)74(51)25/h26,29,34-42,44-52,75H,18,27-28,30-33H2,1-17,19-25H3,(H,64,77)(H,65,76)(H,66,79)(H,67,78)/b29-26+/t39?,40-,41+,42-,44+,45+,46+,47+,48+,49+,50+,51+,52-/m1/s1. The van der Waals surface area contributed by atoms with E-state index in [1.165, 1.54) is 82.8 Å². The molecule has 490 valence electrons. The number of allylic oxidation sites excluding steroid dienone is 2. The Bertz CT molecular complexity index is 2410. The minimum Gasteiger partial charge on any atom is -0.390 e. The molecule has 23 nitrogen and oxygen atoms in total. The third-order valence-corrected chi connectivity index (χ3v) is 16.6. The highest BCUT2D eigenvalue weighted by molar-refractivity contribution is 6.02. The van der Waals surface area contributed by atoms with E-state index in [0.29, 0.717) is 12.8 Å². The first-order valence-corrected chi connectivity index (χ1v) is 30.8. The van der Waals surface area contributed by atoms with E-state index in [9.17, 15) is 48.3 Å². The first-order valence-electron chi connectivity index (χ1n) is 30.8. The van der Waals surface area contributed by atoms with Gasteiger partial charge in [0.15, 0.2) is 0 Å². The molecule has 11 amide bonds. The molecule has 1 rings (SSSR count). The van der Waals surface area contributed by atoms with E-state index in [-0.39, 0.29) is 49.1 Å². The molecule has 5 N–H and O–H groups in total. The molecule has 0 aromatic rings. The number of carbonyl (C=O) groups excluding carboxylic acids is 11. The summed E-state index contributed by atoms with van der Waals surface area (Å²) in [6, 6.07) is -12.6. The molecule has 0 bridgehead atoms. The molecule has 0 saturated carbocycles. The van der Waals surface area contributed by atoms with Crippen molar-refractivity contribution in [1.82, 2.24) is 55.6 Å². The van der Waals surface area contributed by atoms with Crippen molar-refractivity contribution in [2.45, 2.75) is 223 Å². The van der Waals surface area contributed by atoms with E-state index in [4.69, 9.17) is 0 Å². The second-order valence-corrected chi connectivity index (χ2v) is 25.8. The fraction of sp³-hybridized carbons (Fsp3) is 0.762. The summed E-state index contributed by atoms with van der Waals surface area (Å²) in [4.78, 5) is 169. The van der Waals surface area contributed by atoms with E-state index in [0.717, 1.165) is 14.7 Å². The molecule has 1 fully saturated rings. The van der Waals surface area contributed by atoms with Gasteiger partial charge in [0.1, 0.15) is 66.1 Å². The molecule has 1 heterocycles. The van der Waals surface area contributed by atoms with Crippen LogP contribution < -0.4 is 21.3 Å². The molecule has 0 aromatic carbocycles. The average molecular weight is 1210 g/mol. The van der Waals surface area contributed by atoms with E-state index in [1.807, 2.05) is 48.5 Å². The summed E-state index contributed by atoms with van der Waals surface area (Å²) in [6.07, 6.45) is 3.15. The largest absolute Gasteiger partial charge is 0.390 e. The number of likely N-dealkylation sites (N-methyl/N-ethyl adjacent to an activating group) is 7. The molecule has 0 radical (unpaired) electrons. The van der Waals surface area contributed by atoms with Gasteiger partial charge in [0.25, 0.3) is 5.91 Å². The molecule has 13 atom stereocenters. The van der Waals surface area contributed by atoms with Crippen LogP contribution >= 0.6 is 0 Å². The van der Waals surface area contributed by atoms with Crippen molar-refractivity contribution in [3.8, 4) is 0 Å². The quantitative estimate of drug-likeness (QED) is 0.116. The van der Waals surface area contributed by atoms with Gasteiger partial charge in [-0.2, -0.15) is 0 Å². The molecule has 1 aliphatic rings. The van der Waals surface area contributed by atoms with Crippen molar-refractivity contribution < 1.29 is 57.8 Å². The Hall–Kier alpha value is -6.39. The molecule has 86 heavy (non-hydrogen) atoms. The van der Waals surface area contributed by atoms with Crippen LogP contribution in [-0.2, 0) is 52.7 Å². The third kappa shape index (κ3) is 20.4. The van der Waals surface area contributed by atoms with Gasteiger partial charge in [-0.3, -0.25) is 52.7 Å². The van der Waals surface area contributed by atoms with Crippen LogP contribution in [0.15, 0.2) is 24.4 Å². The zero-order valence-corrected chi connectivity index (χ0v) is 56.6. The van der Waals surface area contributed by atoms with Crippen molar-refractivity contribution in [3.63, 3.8) is 0 Å². The summed E-state index contributed by atoms with van der Waals surface area (Å²) in [7, 11) is 9.75. The van der Waals surface area contributed by atoms with Crippen LogP contribution in [0, 0.1) is 41.4 Å². The number of nitrogens with zero attached hydrogens (tertiary/aromatic N) is 7. The van der Waals surface area contributed by atoms with Crippen molar-refractivity contribution >= 4 is 65.0 Å². The summed E-state index contributed by atoms with van der Waals surface area (Å²) < 4.78 is 0. The fourth-order valence-electron chi connectivity index (χ4n) is 10.8. The third-order valence-electron chi connectivity index (χ3n) is 16.6. The fourth-order valence-corrected chi connectivity index (χ4v) is 10.8. The lowest BCUT2D eigenvalue weighted by Crippen LogP contribution is -2.63. The number of amides is 11. The predicted molar refractivity (Wildman–Crippen MR) is 333 cm³/mol. The Kier molecular flexibility index (Phi) is 31.4. The van der Waals surface area contributed by atoms with Gasteiger partial charge in [-0.25, -0.2) is 0 Å². The lowest BCUT2D eigenvalue weighted by molar-refractivity contribution is -0.157. The number of rotatable bonds is 15. The lowest BCUT2D eigenvalue weighted by atomic mass is 9.91. The Morgan fingerprint density at radius 1 is 0.488 bits per heavy atom. The lowest BCUT2D eigenvalue weighted by Gasteiger charge is -2.41. The summed E-state index contributed by atoms with van der Waals surface area (Å²) in [5.74, 6) is -10.6. The van der Waals surface area contributed by atoms with Crippen molar-refractivity contribution in [2.75, 3.05) is 49.3 Å². The van der Waals surface area contributed by atoms with Crippen molar-refractivity contribution in [1.29, 1.82) is 0 Å². The SMILES string of the molecule is C=C1C(=O)N(C)[C@@H](C(C)CC)C(=O)N[C@@H](C(C)C)C(=O)N(C)[C@@H](CC(C)C)C(=O)N[C@@H](C)C(=O)N[C@H](C)C(=O)N(C)[C@@H](CC(C)C)C(=O)N(C)[C@@H](CC(C)C)C(=O)N(C)[C@@H](C(C)C)C(=O)N(C)[C@@H]([C@H](O)[C@H](C)C/C=C/C)C(=O)N[C@@H](CC)C(=O)N1C. The highest BCUT2D eigenvalue weighted by Crippen LogP contribution is 2.26. The summed E-state index contributed by atoms with van der Waals surface area (Å²) >= 11 is 0. The van der Waals surface area contributed by atoms with E-state index < -0.39 is 155 Å². The van der Waals surface area contributed by atoms with Gasteiger partial charge in [0.05, 0.1) is 6.10 Å². The molecule has 0 aromatic heterocycles. The second-order valence-electron chi connectivity index (χ2n) is 25.8. The topological polar surface area (TPSA) is 279 Å². The van der Waals surface area contributed by atoms with Gasteiger partial charge >= 0.3 is 0 Å². The Labute approximate surface area is 514 Å². The van der Waals surface area contributed by atoms with Crippen molar-refractivity contribution in [2.24, 2.45) is 41.4 Å². The predicted octanol–water partition coefficient (Wildman–Crippen LogP) is 3.78. The monoisotopic (exact) mass is 1210 g/mol. The van der Waals surface area contributed by atoms with Crippen LogP contribution in [0.5, 0.6) is 0 Å². The van der Waals surface area contributed by atoms with Gasteiger partial charge in [-0.1, -0.05) is 122 Å². The zero-order chi connectivity index (χ0) is 66.8. The van der Waals surface area contributed by atoms with Crippen LogP contribution in [0.2, 0.25) is 0 Å². The average Bonchev–Trinajstić information content (AvgIpc) is 1.80. The molecule has 0 aliphatic carbocycles. The first kappa shape index (κ1) is 77.6.